The fourth-order valence-electron chi connectivity index (χ4n) is 9.83. The van der Waals surface area contributed by atoms with Crippen molar-refractivity contribution >= 4 is 29.1 Å². The first-order valence-corrected chi connectivity index (χ1v) is 20.3. The number of aromatic nitrogens is 4. The minimum atomic E-state index is -0.0109. The van der Waals surface area contributed by atoms with E-state index in [4.69, 9.17) is 16.6 Å². The number of rotatable bonds is 2. The Morgan fingerprint density at radius 3 is 1.89 bits per heavy atom. The Labute approximate surface area is 329 Å². The van der Waals surface area contributed by atoms with Crippen molar-refractivity contribution in [3.63, 3.8) is 0 Å². The van der Waals surface area contributed by atoms with Crippen molar-refractivity contribution in [3.8, 4) is 39.8 Å². The van der Waals surface area contributed by atoms with Crippen molar-refractivity contribution in [1.82, 2.24) is 35.5 Å². The van der Waals surface area contributed by atoms with Gasteiger partial charge in [-0.3, -0.25) is 14.6 Å². The predicted molar refractivity (Wildman–Crippen MR) is 214 cm³/mol. The zero-order valence-corrected chi connectivity index (χ0v) is 32.1. The van der Waals surface area contributed by atoms with Crippen LogP contribution < -0.4 is 15.5 Å². The van der Waals surface area contributed by atoms with E-state index in [1.54, 1.807) is 0 Å². The van der Waals surface area contributed by atoms with Crippen molar-refractivity contribution in [2.24, 2.45) is 0 Å². The molecule has 1 aromatic carbocycles. The molecule has 0 unspecified atom stereocenters. The van der Waals surface area contributed by atoms with E-state index in [1.807, 2.05) is 24.5 Å². The number of benzene rings is 1. The molecule has 0 radical (unpaired) electrons. The second kappa shape index (κ2) is 12.3. The first-order valence-electron chi connectivity index (χ1n) is 19.9. The molecule has 1 saturated heterocycles. The van der Waals surface area contributed by atoms with Gasteiger partial charge in [0.1, 0.15) is 11.2 Å². The van der Waals surface area contributed by atoms with Crippen LogP contribution in [0.5, 0.6) is 0 Å². The molecule has 4 aliphatic carbocycles. The van der Waals surface area contributed by atoms with E-state index in [0.29, 0.717) is 10.7 Å². The standard InChI is InChI=1S/C28H28N6O.C16H14ClN3O/c1-33-8-10-34(11-9-33)24-5-3-17(12-19(24)15-29)22-13-21-18(16-30-22)2-4-20-25-23(31-26(20)21)14-28(6-7-28)32-27(25)35;17-12-5-10-8(7-18-12)1-2-9-13-11(19-14(9)10)6-16(3-4-16)20-15(13)21/h3,5,12-13,16,31H,2,4,6-11,14H2,1H3,(H,32,35);5,7,19H,1-4,6H2,(H,20,21). The Bertz CT molecular complexity index is 2560. The van der Waals surface area contributed by atoms with Gasteiger partial charge in [-0.05, 0) is 105 Å². The van der Waals surface area contributed by atoms with Crippen LogP contribution in [0.15, 0.2) is 42.7 Å². The first kappa shape index (κ1) is 33.9. The number of anilines is 1. The molecular formula is C44H42ClN9O2. The number of pyridine rings is 2. The molecule has 4 aromatic heterocycles. The molecular weight excluding hydrogens is 722 g/mol. The van der Waals surface area contributed by atoms with Crippen LogP contribution in [-0.4, -0.2) is 81.0 Å². The van der Waals surface area contributed by atoms with Gasteiger partial charge in [0.2, 0.25) is 0 Å². The summed E-state index contributed by atoms with van der Waals surface area (Å²) in [7, 11) is 2.13. The van der Waals surface area contributed by atoms with Gasteiger partial charge in [0.15, 0.2) is 0 Å². The molecule has 2 amide bonds. The quantitative estimate of drug-likeness (QED) is 0.163. The molecule has 7 aliphatic rings. The maximum Gasteiger partial charge on any atom is 0.253 e. The summed E-state index contributed by atoms with van der Waals surface area (Å²) in [6.45, 7) is 3.86. The number of fused-ring (bicyclic) bond motifs is 10. The number of aryl methyl sites for hydroxylation is 2. The van der Waals surface area contributed by atoms with Gasteiger partial charge >= 0.3 is 0 Å². The van der Waals surface area contributed by atoms with E-state index >= 15 is 0 Å². The third-order valence-corrected chi connectivity index (χ3v) is 13.5. The van der Waals surface area contributed by atoms with Crippen molar-refractivity contribution in [1.29, 1.82) is 5.26 Å². The van der Waals surface area contributed by atoms with Crippen LogP contribution in [0.4, 0.5) is 5.69 Å². The highest BCUT2D eigenvalue weighted by molar-refractivity contribution is 6.29. The lowest BCUT2D eigenvalue weighted by atomic mass is 9.87. The van der Waals surface area contributed by atoms with Crippen LogP contribution in [0.3, 0.4) is 0 Å². The molecule has 282 valence electrons. The Balaban J connectivity index is 0.000000147. The Morgan fingerprint density at radius 2 is 1.32 bits per heavy atom. The molecule has 56 heavy (non-hydrogen) atoms. The number of hydrogen-bond donors (Lipinski definition) is 4. The molecule has 2 saturated carbocycles. The summed E-state index contributed by atoms with van der Waals surface area (Å²) in [5, 5.41) is 16.9. The third-order valence-electron chi connectivity index (χ3n) is 13.3. The van der Waals surface area contributed by atoms with Crippen LogP contribution in [0.25, 0.3) is 33.8 Å². The number of nitrogens with one attached hydrogen (secondary N) is 4. The highest BCUT2D eigenvalue weighted by Crippen LogP contribution is 2.47. The molecule has 2 spiro atoms. The van der Waals surface area contributed by atoms with E-state index in [-0.39, 0.29) is 22.9 Å². The largest absolute Gasteiger partial charge is 0.368 e. The van der Waals surface area contributed by atoms with Crippen LogP contribution in [0, 0.1) is 11.3 Å². The topological polar surface area (TPSA) is 146 Å². The van der Waals surface area contributed by atoms with Gasteiger partial charge < -0.3 is 30.4 Å². The fourth-order valence-corrected chi connectivity index (χ4v) is 9.99. The van der Waals surface area contributed by atoms with E-state index in [9.17, 15) is 14.9 Å². The molecule has 3 aliphatic heterocycles. The summed E-state index contributed by atoms with van der Waals surface area (Å²) in [5.41, 5.74) is 16.5. The average molecular weight is 764 g/mol. The number of carbonyl (C=O) groups excluding carboxylic acids is 2. The zero-order valence-electron chi connectivity index (χ0n) is 31.4. The van der Waals surface area contributed by atoms with Gasteiger partial charge in [-0.15, -0.1) is 0 Å². The number of hydrogen-bond acceptors (Lipinski definition) is 7. The first-order chi connectivity index (χ1) is 27.2. The number of amides is 2. The van der Waals surface area contributed by atoms with Crippen molar-refractivity contribution in [2.75, 3.05) is 38.1 Å². The molecule has 4 N–H and O–H groups in total. The molecule has 3 fully saturated rings. The third kappa shape index (κ3) is 5.48. The number of carbonyl (C=O) groups is 2. The predicted octanol–water partition coefficient (Wildman–Crippen LogP) is 5.93. The number of aromatic amines is 2. The van der Waals surface area contributed by atoms with Gasteiger partial charge in [0, 0.05) is 90.6 Å². The van der Waals surface area contributed by atoms with Gasteiger partial charge in [0.05, 0.1) is 39.5 Å². The van der Waals surface area contributed by atoms with E-state index in [0.717, 1.165) is 163 Å². The van der Waals surface area contributed by atoms with Gasteiger partial charge in [0.25, 0.3) is 11.8 Å². The summed E-state index contributed by atoms with van der Waals surface area (Å²) in [4.78, 5) is 46.1. The Kier molecular flexibility index (Phi) is 7.42. The summed E-state index contributed by atoms with van der Waals surface area (Å²) in [5.74, 6) is 0.173. The van der Waals surface area contributed by atoms with Gasteiger partial charge in [-0.1, -0.05) is 17.7 Å². The van der Waals surface area contributed by atoms with Crippen LogP contribution in [0.2, 0.25) is 5.15 Å². The Hall–Kier alpha value is -5.44. The second-order valence-corrected chi connectivity index (χ2v) is 17.4. The lowest BCUT2D eigenvalue weighted by Crippen LogP contribution is -2.44. The SMILES string of the molecule is CN1CCN(c2ccc(-c3cc4c(cn3)CCc3c-4[nH]c4c3C(=O)NC3(CC3)C4)cc2C#N)CC1.O=C1NC2(CC2)Cc2[nH]c3c(c21)CCc1cnc(Cl)cc1-3. The van der Waals surface area contributed by atoms with E-state index < -0.39 is 0 Å². The highest BCUT2D eigenvalue weighted by atomic mass is 35.5. The molecule has 7 heterocycles. The lowest BCUT2D eigenvalue weighted by molar-refractivity contribution is 0.0908. The smallest absolute Gasteiger partial charge is 0.253 e. The number of nitrogens with zero attached hydrogens (tertiary/aromatic N) is 5. The van der Waals surface area contributed by atoms with E-state index in [1.165, 1.54) is 11.1 Å². The number of likely N-dealkylation sites (N-methyl/N-ethyl adjacent to an activating group) is 1. The number of H-pyrrole nitrogens is 2. The molecule has 12 rings (SSSR count). The Morgan fingerprint density at radius 1 is 0.750 bits per heavy atom. The number of piperazine rings is 1. The minimum Gasteiger partial charge on any atom is -0.368 e. The summed E-state index contributed by atoms with van der Waals surface area (Å²) in [6, 6.07) is 12.6. The van der Waals surface area contributed by atoms with E-state index in [2.05, 4.69) is 66.7 Å². The fraction of sp³-hybridized carbons (Fsp3) is 0.386. The zero-order chi connectivity index (χ0) is 37.9. The van der Waals surface area contributed by atoms with Crippen LogP contribution in [-0.2, 0) is 38.5 Å². The van der Waals surface area contributed by atoms with Crippen LogP contribution in [0.1, 0.15) is 85.6 Å². The van der Waals surface area contributed by atoms with Gasteiger partial charge in [-0.2, -0.15) is 5.26 Å². The minimum absolute atomic E-state index is 0.0109. The number of nitriles is 1. The van der Waals surface area contributed by atoms with Crippen molar-refractivity contribution < 1.29 is 9.59 Å². The van der Waals surface area contributed by atoms with Crippen molar-refractivity contribution in [2.45, 2.75) is 75.3 Å². The summed E-state index contributed by atoms with van der Waals surface area (Å²) < 4.78 is 0. The van der Waals surface area contributed by atoms with Gasteiger partial charge in [-0.25, -0.2) is 4.98 Å². The highest BCUT2D eigenvalue weighted by Gasteiger charge is 2.50. The number of halogens is 1. The molecule has 12 heteroatoms. The normalized spacial score (nSPS) is 20.2. The monoisotopic (exact) mass is 763 g/mol. The lowest BCUT2D eigenvalue weighted by Gasteiger charge is -2.34. The average Bonchev–Trinajstić information content (AvgIpc) is 4.04. The maximum atomic E-state index is 12.9. The molecule has 5 aromatic rings. The van der Waals surface area contributed by atoms with Crippen molar-refractivity contribution in [3.05, 3.63) is 98.2 Å². The summed E-state index contributed by atoms with van der Waals surface area (Å²) >= 11 is 6.05. The molecule has 11 nitrogen and oxygen atoms in total. The van der Waals surface area contributed by atoms with Crippen LogP contribution >= 0.6 is 11.6 Å². The second-order valence-electron chi connectivity index (χ2n) is 17.0. The molecule has 0 bridgehead atoms. The summed E-state index contributed by atoms with van der Waals surface area (Å²) in [6.07, 6.45) is 13.5. The molecule has 0 atom stereocenters. The maximum absolute atomic E-state index is 12.9.